The second-order valence-corrected chi connectivity index (χ2v) is 8.92. The lowest BCUT2D eigenvalue weighted by molar-refractivity contribution is -0.384. The molecular formula is C26H19N7O4S. The summed E-state index contributed by atoms with van der Waals surface area (Å²) < 4.78 is 3.49. The maximum absolute atomic E-state index is 11.5. The molecule has 0 aliphatic carbocycles. The molecule has 0 unspecified atom stereocenters. The van der Waals surface area contributed by atoms with Gasteiger partial charge in [0.1, 0.15) is 5.69 Å². The van der Waals surface area contributed by atoms with E-state index in [4.69, 9.17) is 5.10 Å². The minimum atomic E-state index is -0.482. The van der Waals surface area contributed by atoms with Crippen LogP contribution in [0.2, 0.25) is 0 Å². The molecule has 11 nitrogen and oxygen atoms in total. The topological polar surface area (TPSA) is 134 Å². The van der Waals surface area contributed by atoms with Crippen LogP contribution < -0.4 is 4.80 Å². The van der Waals surface area contributed by atoms with Crippen molar-refractivity contribution in [2.45, 2.75) is 6.92 Å². The van der Waals surface area contributed by atoms with E-state index in [0.717, 1.165) is 11.3 Å². The summed E-state index contributed by atoms with van der Waals surface area (Å²) in [6, 6.07) is 20.1. The Bertz CT molecular complexity index is 1720. The van der Waals surface area contributed by atoms with Crippen molar-refractivity contribution in [3.05, 3.63) is 127 Å². The summed E-state index contributed by atoms with van der Waals surface area (Å²) in [5.41, 5.74) is 3.84. The van der Waals surface area contributed by atoms with E-state index in [-0.39, 0.29) is 17.1 Å². The Kier molecular flexibility index (Phi) is 6.70. The Labute approximate surface area is 219 Å². The number of imidazole rings is 1. The maximum Gasteiger partial charge on any atom is 0.294 e. The van der Waals surface area contributed by atoms with Gasteiger partial charge in [0.2, 0.25) is 4.80 Å². The molecule has 0 spiro atoms. The zero-order chi connectivity index (χ0) is 26.6. The Morgan fingerprint density at radius 1 is 0.947 bits per heavy atom. The Balaban J connectivity index is 1.63. The van der Waals surface area contributed by atoms with E-state index in [0.29, 0.717) is 21.8 Å². The van der Waals surface area contributed by atoms with Crippen LogP contribution in [0, 0.1) is 20.2 Å². The van der Waals surface area contributed by atoms with Crippen LogP contribution in [0.15, 0.2) is 107 Å². The minimum absolute atomic E-state index is 0.0296. The number of nitrogens with zero attached hydrogens (tertiary/aromatic N) is 7. The van der Waals surface area contributed by atoms with Gasteiger partial charge in [-0.05, 0) is 42.8 Å². The van der Waals surface area contributed by atoms with E-state index >= 15 is 0 Å². The van der Waals surface area contributed by atoms with Gasteiger partial charge in [-0.15, -0.1) is 11.3 Å². The van der Waals surface area contributed by atoms with Crippen molar-refractivity contribution in [3.8, 4) is 16.9 Å². The molecule has 5 rings (SSSR count). The molecule has 2 aromatic heterocycles. The fourth-order valence-electron chi connectivity index (χ4n) is 3.74. The number of nitro benzene ring substituents is 2. The summed E-state index contributed by atoms with van der Waals surface area (Å²) in [7, 11) is 0. The van der Waals surface area contributed by atoms with Crippen LogP contribution >= 0.6 is 11.3 Å². The first-order valence-corrected chi connectivity index (χ1v) is 12.2. The second kappa shape index (κ2) is 10.4. The molecule has 0 bridgehead atoms. The van der Waals surface area contributed by atoms with Crippen LogP contribution in [0.4, 0.5) is 17.1 Å². The Hall–Kier alpha value is -5.23. The number of nitro groups is 2. The number of thiazole rings is 1. The first-order valence-electron chi connectivity index (χ1n) is 11.3. The molecule has 0 aliphatic heterocycles. The van der Waals surface area contributed by atoms with Crippen LogP contribution in [0.25, 0.3) is 16.9 Å². The van der Waals surface area contributed by atoms with Gasteiger partial charge in [-0.2, -0.15) is 5.10 Å². The second-order valence-electron chi connectivity index (χ2n) is 8.08. The molecule has 38 heavy (non-hydrogen) atoms. The van der Waals surface area contributed by atoms with E-state index < -0.39 is 9.85 Å². The van der Waals surface area contributed by atoms with Crippen LogP contribution in [0.5, 0.6) is 0 Å². The molecule has 2 heterocycles. The highest BCUT2D eigenvalue weighted by atomic mass is 32.1. The van der Waals surface area contributed by atoms with Gasteiger partial charge in [0, 0.05) is 47.2 Å². The normalized spacial score (nSPS) is 12.0. The summed E-state index contributed by atoms with van der Waals surface area (Å²) in [6.07, 6.45) is 5.27. The molecule has 0 N–H and O–H groups in total. The van der Waals surface area contributed by atoms with Crippen molar-refractivity contribution in [2.24, 2.45) is 10.1 Å². The molecule has 0 amide bonds. The molecule has 5 aromatic rings. The number of rotatable bonds is 7. The lowest BCUT2D eigenvalue weighted by Gasteiger charge is -2.08. The number of benzene rings is 3. The molecule has 0 saturated carbocycles. The number of aromatic nitrogens is 3. The summed E-state index contributed by atoms with van der Waals surface area (Å²) >= 11 is 1.26. The third kappa shape index (κ3) is 5.01. The highest BCUT2D eigenvalue weighted by Crippen LogP contribution is 2.27. The SMILES string of the molecule is CC(=Nn1c(-c2ccc([N+](=O)[O-])cc2)csc1=Nc1ccccc1[N+](=O)[O-])c1ccc(-n2ccnc2)cc1. The predicted octanol–water partition coefficient (Wildman–Crippen LogP) is 5.72. The van der Waals surface area contributed by atoms with Gasteiger partial charge in [-0.1, -0.05) is 24.3 Å². The molecule has 12 heteroatoms. The molecule has 0 radical (unpaired) electrons. The minimum Gasteiger partial charge on any atom is -0.306 e. The van der Waals surface area contributed by atoms with Crippen molar-refractivity contribution >= 4 is 34.1 Å². The van der Waals surface area contributed by atoms with Crippen molar-refractivity contribution < 1.29 is 9.85 Å². The average molecular weight is 526 g/mol. The molecule has 188 valence electrons. The van der Waals surface area contributed by atoms with Crippen molar-refractivity contribution in [2.75, 3.05) is 0 Å². The van der Waals surface area contributed by atoms with Crippen molar-refractivity contribution in [3.63, 3.8) is 0 Å². The smallest absolute Gasteiger partial charge is 0.294 e. The fourth-order valence-corrected chi connectivity index (χ4v) is 4.58. The van der Waals surface area contributed by atoms with Gasteiger partial charge in [-0.3, -0.25) is 20.2 Å². The van der Waals surface area contributed by atoms with Crippen LogP contribution in [0.1, 0.15) is 12.5 Å². The molecule has 0 saturated heterocycles. The zero-order valence-electron chi connectivity index (χ0n) is 19.9. The molecule has 0 aliphatic rings. The lowest BCUT2D eigenvalue weighted by Crippen LogP contribution is -2.14. The van der Waals surface area contributed by atoms with Crippen LogP contribution in [0.3, 0.4) is 0 Å². The first-order chi connectivity index (χ1) is 18.4. The lowest BCUT2D eigenvalue weighted by atomic mass is 10.1. The van der Waals surface area contributed by atoms with Gasteiger partial charge in [0.25, 0.3) is 11.4 Å². The maximum atomic E-state index is 11.5. The third-order valence-electron chi connectivity index (χ3n) is 5.69. The Morgan fingerprint density at radius 2 is 1.68 bits per heavy atom. The fraction of sp³-hybridized carbons (Fsp3) is 0.0385. The number of hydrogen-bond donors (Lipinski definition) is 0. The van der Waals surface area contributed by atoms with Crippen LogP contribution in [-0.4, -0.2) is 29.8 Å². The van der Waals surface area contributed by atoms with E-state index in [9.17, 15) is 20.2 Å². The Morgan fingerprint density at radius 3 is 2.34 bits per heavy atom. The third-order valence-corrected chi connectivity index (χ3v) is 6.51. The van der Waals surface area contributed by atoms with Gasteiger partial charge in [0.15, 0.2) is 0 Å². The van der Waals surface area contributed by atoms with Gasteiger partial charge < -0.3 is 4.57 Å². The summed E-state index contributed by atoms with van der Waals surface area (Å²) in [5.74, 6) is 0. The van der Waals surface area contributed by atoms with E-state index in [1.54, 1.807) is 47.5 Å². The van der Waals surface area contributed by atoms with Gasteiger partial charge in [-0.25, -0.2) is 14.7 Å². The van der Waals surface area contributed by atoms with E-state index in [2.05, 4.69) is 9.98 Å². The van der Waals surface area contributed by atoms with E-state index in [1.807, 2.05) is 47.3 Å². The first kappa shape index (κ1) is 24.5. The monoisotopic (exact) mass is 525 g/mol. The number of non-ortho nitro benzene ring substituents is 1. The van der Waals surface area contributed by atoms with Crippen molar-refractivity contribution in [1.82, 2.24) is 14.2 Å². The van der Waals surface area contributed by atoms with Crippen LogP contribution in [-0.2, 0) is 0 Å². The predicted molar refractivity (Wildman–Crippen MR) is 144 cm³/mol. The quantitative estimate of drug-likeness (QED) is 0.152. The summed E-state index contributed by atoms with van der Waals surface area (Å²) in [4.78, 5) is 30.7. The van der Waals surface area contributed by atoms with Gasteiger partial charge >= 0.3 is 0 Å². The average Bonchev–Trinajstić information content (AvgIpc) is 3.60. The highest BCUT2D eigenvalue weighted by molar-refractivity contribution is 7.07. The van der Waals surface area contributed by atoms with E-state index in [1.165, 1.54) is 29.5 Å². The molecule has 0 atom stereocenters. The number of para-hydroxylation sites is 2. The highest BCUT2D eigenvalue weighted by Gasteiger charge is 2.15. The standard InChI is InChI=1S/C26H19N7O4S/c1-18(19-6-10-21(11-7-19)30-15-14-27-17-30)29-31-25(20-8-12-22(13-9-20)32(34)35)16-38-26(31)28-23-4-2-3-5-24(23)33(36)37/h2-17H,1H3. The summed E-state index contributed by atoms with van der Waals surface area (Å²) in [6.45, 7) is 1.85. The van der Waals surface area contributed by atoms with Crippen molar-refractivity contribution in [1.29, 1.82) is 0 Å². The van der Waals surface area contributed by atoms with Gasteiger partial charge in [0.05, 0.1) is 27.6 Å². The molecular weight excluding hydrogens is 506 g/mol. The largest absolute Gasteiger partial charge is 0.306 e. The summed E-state index contributed by atoms with van der Waals surface area (Å²) in [5, 5.41) is 29.3. The zero-order valence-corrected chi connectivity index (χ0v) is 20.7. The molecule has 3 aromatic carbocycles. The molecule has 0 fully saturated rings. The number of hydrogen-bond acceptors (Lipinski definition) is 8.